The maximum Gasteiger partial charge on any atom is 0.340 e. The summed E-state index contributed by atoms with van der Waals surface area (Å²) in [6.07, 6.45) is 4.91. The van der Waals surface area contributed by atoms with Gasteiger partial charge in [-0.3, -0.25) is 4.79 Å². The summed E-state index contributed by atoms with van der Waals surface area (Å²) in [4.78, 5) is 39.3. The molecule has 0 aromatic carbocycles. The van der Waals surface area contributed by atoms with Gasteiger partial charge in [-0.1, -0.05) is 11.8 Å². The molecule has 0 unspecified atom stereocenters. The molecular formula is C20H21N3O3S2. The van der Waals surface area contributed by atoms with E-state index in [0.29, 0.717) is 29.1 Å². The van der Waals surface area contributed by atoms with Gasteiger partial charge in [0.25, 0.3) is 0 Å². The first-order valence-corrected chi connectivity index (χ1v) is 11.1. The zero-order chi connectivity index (χ0) is 19.8. The van der Waals surface area contributed by atoms with E-state index < -0.39 is 5.97 Å². The van der Waals surface area contributed by atoms with E-state index in [-0.39, 0.29) is 11.5 Å². The molecule has 146 valence electrons. The maximum atomic E-state index is 12.8. The Hall–Kier alpha value is -2.19. The Morgan fingerprint density at radius 2 is 2.11 bits per heavy atom. The highest BCUT2D eigenvalue weighted by atomic mass is 32.2. The molecule has 4 rings (SSSR count). The van der Waals surface area contributed by atoms with Crippen molar-refractivity contribution in [3.05, 3.63) is 39.3 Å². The lowest BCUT2D eigenvalue weighted by Gasteiger charge is -2.04. The molecule has 1 aliphatic carbocycles. The van der Waals surface area contributed by atoms with Crippen molar-refractivity contribution in [3.8, 4) is 0 Å². The predicted octanol–water partition coefficient (Wildman–Crippen LogP) is 4.28. The van der Waals surface area contributed by atoms with E-state index in [1.54, 1.807) is 38.4 Å². The molecule has 0 bridgehead atoms. The van der Waals surface area contributed by atoms with Crippen LogP contribution in [-0.2, 0) is 17.6 Å². The van der Waals surface area contributed by atoms with Gasteiger partial charge in [-0.05, 0) is 51.2 Å². The summed E-state index contributed by atoms with van der Waals surface area (Å²) in [5.74, 6) is -0.202. The van der Waals surface area contributed by atoms with Gasteiger partial charge in [0, 0.05) is 16.0 Å². The second kappa shape index (κ2) is 7.67. The van der Waals surface area contributed by atoms with E-state index in [4.69, 9.17) is 4.74 Å². The molecule has 0 atom stereocenters. The Balaban J connectivity index is 1.57. The Morgan fingerprint density at radius 3 is 2.89 bits per heavy atom. The molecule has 0 fully saturated rings. The van der Waals surface area contributed by atoms with Crippen LogP contribution in [0.2, 0.25) is 0 Å². The van der Waals surface area contributed by atoms with Crippen molar-refractivity contribution in [2.45, 2.75) is 45.1 Å². The minimum atomic E-state index is -0.396. The van der Waals surface area contributed by atoms with E-state index in [0.717, 1.165) is 28.1 Å². The number of thiophene rings is 1. The molecule has 0 saturated carbocycles. The number of aromatic amines is 1. The summed E-state index contributed by atoms with van der Waals surface area (Å²) in [6.45, 7) is 5.63. The highest BCUT2D eigenvalue weighted by Gasteiger charge is 2.24. The Labute approximate surface area is 171 Å². The number of fused-ring (bicyclic) bond motifs is 3. The van der Waals surface area contributed by atoms with E-state index in [1.807, 2.05) is 0 Å². The van der Waals surface area contributed by atoms with Gasteiger partial charge in [-0.25, -0.2) is 14.8 Å². The van der Waals surface area contributed by atoms with Crippen LogP contribution in [0, 0.1) is 13.8 Å². The first-order valence-electron chi connectivity index (χ1n) is 9.28. The van der Waals surface area contributed by atoms with Crippen molar-refractivity contribution >= 4 is 45.1 Å². The second-order valence-electron chi connectivity index (χ2n) is 6.77. The molecule has 28 heavy (non-hydrogen) atoms. The number of carbonyl (C=O) groups is 2. The molecule has 0 spiro atoms. The average molecular weight is 416 g/mol. The lowest BCUT2D eigenvalue weighted by Crippen LogP contribution is -2.08. The van der Waals surface area contributed by atoms with Crippen LogP contribution in [0.25, 0.3) is 10.2 Å². The molecule has 0 radical (unpaired) electrons. The zero-order valence-electron chi connectivity index (χ0n) is 16.0. The Kier molecular flexibility index (Phi) is 5.25. The van der Waals surface area contributed by atoms with Gasteiger partial charge in [-0.2, -0.15) is 0 Å². The standard InChI is InChI=1S/C20H21N3O3S2/c1-4-26-20(25)15-10(2)17(23-11(15)3)13(24)8-27-18-16-12-6-5-7-14(12)28-19(16)22-9-21-18/h9,23H,4-8H2,1-3H3. The maximum absolute atomic E-state index is 12.8. The van der Waals surface area contributed by atoms with Gasteiger partial charge in [0.05, 0.1) is 23.6 Å². The zero-order valence-corrected chi connectivity index (χ0v) is 17.7. The molecule has 3 aromatic heterocycles. The Bertz CT molecular complexity index is 1080. The molecule has 1 N–H and O–H groups in total. The third kappa shape index (κ3) is 3.24. The van der Waals surface area contributed by atoms with Crippen LogP contribution >= 0.6 is 23.1 Å². The van der Waals surface area contributed by atoms with Gasteiger partial charge < -0.3 is 9.72 Å². The summed E-state index contributed by atoms with van der Waals surface area (Å²) in [6, 6.07) is 0. The number of thioether (sulfide) groups is 1. The number of esters is 1. The minimum absolute atomic E-state index is 0.0558. The van der Waals surface area contributed by atoms with Crippen LogP contribution in [0.4, 0.5) is 0 Å². The smallest absolute Gasteiger partial charge is 0.340 e. The molecule has 0 saturated heterocycles. The van der Waals surface area contributed by atoms with Crippen LogP contribution in [0.1, 0.15) is 55.9 Å². The SMILES string of the molecule is CCOC(=O)c1c(C)[nH]c(C(=O)CSc2ncnc3sc4c(c23)CCC4)c1C. The van der Waals surface area contributed by atoms with Crippen LogP contribution in [0.15, 0.2) is 11.4 Å². The van der Waals surface area contributed by atoms with Crippen molar-refractivity contribution in [1.29, 1.82) is 0 Å². The summed E-state index contributed by atoms with van der Waals surface area (Å²) in [5.41, 5.74) is 3.58. The van der Waals surface area contributed by atoms with Crippen molar-refractivity contribution in [1.82, 2.24) is 15.0 Å². The third-order valence-corrected chi connectivity index (χ3v) is 7.19. The van der Waals surface area contributed by atoms with E-state index >= 15 is 0 Å². The van der Waals surface area contributed by atoms with E-state index in [2.05, 4.69) is 15.0 Å². The highest BCUT2D eigenvalue weighted by molar-refractivity contribution is 8.00. The van der Waals surface area contributed by atoms with E-state index in [1.165, 1.54) is 28.6 Å². The fourth-order valence-electron chi connectivity index (χ4n) is 3.75. The van der Waals surface area contributed by atoms with Gasteiger partial charge in [0.15, 0.2) is 5.78 Å². The van der Waals surface area contributed by atoms with Crippen molar-refractivity contribution in [2.75, 3.05) is 12.4 Å². The first kappa shape index (κ1) is 19.1. The lowest BCUT2D eigenvalue weighted by molar-refractivity contribution is 0.0525. The first-order chi connectivity index (χ1) is 13.5. The third-order valence-electron chi connectivity index (χ3n) is 5.00. The number of nitrogens with zero attached hydrogens (tertiary/aromatic N) is 2. The fourth-order valence-corrected chi connectivity index (χ4v) is 5.94. The lowest BCUT2D eigenvalue weighted by atomic mass is 10.1. The second-order valence-corrected chi connectivity index (χ2v) is 8.82. The number of hydrogen-bond acceptors (Lipinski definition) is 7. The summed E-state index contributed by atoms with van der Waals surface area (Å²) < 4.78 is 5.10. The molecular weight excluding hydrogens is 394 g/mol. The molecule has 3 aromatic rings. The number of rotatable bonds is 6. The van der Waals surface area contributed by atoms with Gasteiger partial charge in [0.2, 0.25) is 0 Å². The summed E-state index contributed by atoms with van der Waals surface area (Å²) in [7, 11) is 0. The number of aromatic nitrogens is 3. The number of Topliss-reactive ketones (excluding diaryl/α,β-unsaturated/α-hetero) is 1. The Morgan fingerprint density at radius 1 is 1.29 bits per heavy atom. The molecule has 0 aliphatic heterocycles. The number of H-pyrrole nitrogens is 1. The van der Waals surface area contributed by atoms with E-state index in [9.17, 15) is 9.59 Å². The van der Waals surface area contributed by atoms with Gasteiger partial charge >= 0.3 is 5.97 Å². The highest BCUT2D eigenvalue weighted by Crippen LogP contribution is 2.40. The van der Waals surface area contributed by atoms with Crippen LogP contribution in [-0.4, -0.2) is 39.1 Å². The molecule has 6 nitrogen and oxygen atoms in total. The molecule has 3 heterocycles. The number of carbonyl (C=O) groups excluding carboxylic acids is 2. The number of nitrogens with one attached hydrogen (secondary N) is 1. The van der Waals surface area contributed by atoms with Crippen molar-refractivity contribution in [3.63, 3.8) is 0 Å². The molecule has 0 amide bonds. The number of aryl methyl sites for hydroxylation is 3. The number of hydrogen-bond donors (Lipinski definition) is 1. The van der Waals surface area contributed by atoms with Gasteiger partial charge in [0.1, 0.15) is 16.2 Å². The van der Waals surface area contributed by atoms with Crippen LogP contribution < -0.4 is 0 Å². The van der Waals surface area contributed by atoms with Crippen LogP contribution in [0.3, 0.4) is 0 Å². The number of ether oxygens (including phenoxy) is 1. The average Bonchev–Trinajstić information content (AvgIpc) is 3.32. The van der Waals surface area contributed by atoms with Crippen molar-refractivity contribution < 1.29 is 14.3 Å². The topological polar surface area (TPSA) is 84.9 Å². The molecule has 1 aliphatic rings. The fraction of sp³-hybridized carbons (Fsp3) is 0.400. The molecule has 8 heteroatoms. The van der Waals surface area contributed by atoms with Crippen LogP contribution in [0.5, 0.6) is 0 Å². The number of ketones is 1. The summed E-state index contributed by atoms with van der Waals surface area (Å²) >= 11 is 3.18. The predicted molar refractivity (Wildman–Crippen MR) is 111 cm³/mol. The van der Waals surface area contributed by atoms with Gasteiger partial charge in [-0.15, -0.1) is 11.3 Å². The monoisotopic (exact) mass is 415 g/mol. The summed E-state index contributed by atoms with van der Waals surface area (Å²) in [5, 5.41) is 1.98. The van der Waals surface area contributed by atoms with Crippen molar-refractivity contribution in [2.24, 2.45) is 0 Å². The largest absolute Gasteiger partial charge is 0.462 e. The normalized spacial score (nSPS) is 13.1. The quantitative estimate of drug-likeness (QED) is 0.280. The minimum Gasteiger partial charge on any atom is -0.462 e.